The van der Waals surface area contributed by atoms with Gasteiger partial charge in [0.2, 0.25) is 10.0 Å². The highest BCUT2D eigenvalue weighted by Crippen LogP contribution is 2.27. The molecule has 2 heterocycles. The number of rotatable bonds is 5. The molecule has 120 valence electrons. The van der Waals surface area contributed by atoms with Crippen LogP contribution in [0, 0.1) is 12.8 Å². The lowest BCUT2D eigenvalue weighted by Gasteiger charge is -2.34. The van der Waals surface area contributed by atoms with Gasteiger partial charge in [-0.3, -0.25) is 0 Å². The lowest BCUT2D eigenvalue weighted by atomic mass is 9.95. The van der Waals surface area contributed by atoms with E-state index in [2.05, 4.69) is 28.9 Å². The predicted octanol–water partition coefficient (Wildman–Crippen LogP) is 1.39. The van der Waals surface area contributed by atoms with Crippen LogP contribution >= 0.6 is 11.3 Å². The van der Waals surface area contributed by atoms with E-state index >= 15 is 0 Å². The Labute approximate surface area is 131 Å². The average Bonchev–Trinajstić information content (AvgIpc) is 2.75. The minimum atomic E-state index is -3.42. The average molecular weight is 332 g/mol. The molecule has 1 aliphatic heterocycles. The van der Waals surface area contributed by atoms with Crippen LogP contribution in [-0.4, -0.2) is 46.5 Å². The molecule has 2 rings (SSSR count). The normalized spacial score (nSPS) is 24.4. The van der Waals surface area contributed by atoms with Crippen LogP contribution < -0.4 is 10.0 Å². The van der Waals surface area contributed by atoms with Crippen LogP contribution in [0.1, 0.15) is 23.1 Å². The number of sulfonamides is 1. The zero-order chi connectivity index (χ0) is 15.6. The number of nitrogens with zero attached hydrogens (tertiary/aromatic N) is 1. The quantitative estimate of drug-likeness (QED) is 0.856. The Balaban J connectivity index is 2.15. The first kappa shape index (κ1) is 16.9. The van der Waals surface area contributed by atoms with Gasteiger partial charge in [0.15, 0.2) is 0 Å². The smallest absolute Gasteiger partial charge is 0.241 e. The molecule has 0 spiro atoms. The molecule has 1 aliphatic rings. The van der Waals surface area contributed by atoms with Crippen LogP contribution in [0.5, 0.6) is 0 Å². The molecule has 0 radical (unpaired) electrons. The summed E-state index contributed by atoms with van der Waals surface area (Å²) < 4.78 is 28.2. The highest BCUT2D eigenvalue weighted by Gasteiger charge is 2.30. The number of piperidine rings is 1. The van der Waals surface area contributed by atoms with Gasteiger partial charge >= 0.3 is 0 Å². The number of nitrogens with one attached hydrogen (secondary N) is 2. The minimum Gasteiger partial charge on any atom is -0.315 e. The van der Waals surface area contributed by atoms with Crippen molar-refractivity contribution in [2.45, 2.75) is 37.8 Å². The molecule has 2 unspecified atom stereocenters. The van der Waals surface area contributed by atoms with E-state index in [4.69, 9.17) is 0 Å². The Hall–Kier alpha value is -0.470. The Morgan fingerprint density at radius 2 is 2.19 bits per heavy atom. The standard InChI is InChI=1S/C14H25N3O2S2/c1-10-9-17(4)6-5-13(10)16-21(18,19)14-7-12(8-15-3)20-11(14)2/h7,10,13,15-16H,5-6,8-9H2,1-4H3. The van der Waals surface area contributed by atoms with E-state index in [-0.39, 0.29) is 6.04 Å². The monoisotopic (exact) mass is 331 g/mol. The molecule has 21 heavy (non-hydrogen) atoms. The Bertz CT molecular complexity index is 583. The van der Waals surface area contributed by atoms with E-state index in [9.17, 15) is 8.42 Å². The van der Waals surface area contributed by atoms with Gasteiger partial charge in [0, 0.05) is 28.9 Å². The maximum absolute atomic E-state index is 12.6. The summed E-state index contributed by atoms with van der Waals surface area (Å²) in [5.74, 6) is 0.328. The first-order valence-corrected chi connectivity index (χ1v) is 9.58. The molecule has 2 N–H and O–H groups in total. The largest absolute Gasteiger partial charge is 0.315 e. The van der Waals surface area contributed by atoms with Gasteiger partial charge in [0.05, 0.1) is 4.90 Å². The summed E-state index contributed by atoms with van der Waals surface area (Å²) in [5, 5.41) is 3.06. The van der Waals surface area contributed by atoms with E-state index < -0.39 is 10.0 Å². The number of hydrogen-bond acceptors (Lipinski definition) is 5. The minimum absolute atomic E-state index is 0.0262. The number of likely N-dealkylation sites (tertiary alicyclic amines) is 1. The van der Waals surface area contributed by atoms with Gasteiger partial charge in [-0.1, -0.05) is 6.92 Å². The fraction of sp³-hybridized carbons (Fsp3) is 0.714. The third-order valence-electron chi connectivity index (χ3n) is 3.98. The van der Waals surface area contributed by atoms with Crippen LogP contribution in [0.2, 0.25) is 0 Å². The predicted molar refractivity (Wildman–Crippen MR) is 87.2 cm³/mol. The van der Waals surface area contributed by atoms with Crippen molar-refractivity contribution in [2.24, 2.45) is 5.92 Å². The third kappa shape index (κ3) is 4.04. The van der Waals surface area contributed by atoms with Gasteiger partial charge in [0.25, 0.3) is 0 Å². The van der Waals surface area contributed by atoms with Gasteiger partial charge in [-0.2, -0.15) is 0 Å². The maximum Gasteiger partial charge on any atom is 0.241 e. The maximum atomic E-state index is 12.6. The van der Waals surface area contributed by atoms with Crippen molar-refractivity contribution in [2.75, 3.05) is 27.2 Å². The van der Waals surface area contributed by atoms with Gasteiger partial charge < -0.3 is 10.2 Å². The van der Waals surface area contributed by atoms with Gasteiger partial charge in [-0.25, -0.2) is 13.1 Å². The molecule has 0 bridgehead atoms. The van der Waals surface area contributed by atoms with E-state index in [1.807, 2.05) is 14.0 Å². The molecule has 1 saturated heterocycles. The molecular weight excluding hydrogens is 306 g/mol. The Morgan fingerprint density at radius 1 is 1.48 bits per heavy atom. The van der Waals surface area contributed by atoms with E-state index in [0.717, 1.165) is 29.3 Å². The summed E-state index contributed by atoms with van der Waals surface area (Å²) >= 11 is 1.54. The van der Waals surface area contributed by atoms with Crippen LogP contribution in [-0.2, 0) is 16.6 Å². The van der Waals surface area contributed by atoms with Crippen LogP contribution in [0.15, 0.2) is 11.0 Å². The van der Waals surface area contributed by atoms with Crippen molar-refractivity contribution in [1.82, 2.24) is 14.9 Å². The second-order valence-corrected chi connectivity index (χ2v) is 8.94. The fourth-order valence-electron chi connectivity index (χ4n) is 2.84. The molecule has 0 aliphatic carbocycles. The van der Waals surface area contributed by atoms with Gasteiger partial charge in [-0.05, 0) is 46.0 Å². The summed E-state index contributed by atoms with van der Waals surface area (Å²) in [4.78, 5) is 4.58. The van der Waals surface area contributed by atoms with E-state index in [1.165, 1.54) is 11.3 Å². The number of thiophene rings is 1. The van der Waals surface area contributed by atoms with Crippen molar-refractivity contribution >= 4 is 21.4 Å². The molecule has 0 amide bonds. The van der Waals surface area contributed by atoms with Crippen LogP contribution in [0.4, 0.5) is 0 Å². The van der Waals surface area contributed by atoms with Gasteiger partial charge in [-0.15, -0.1) is 11.3 Å². The molecule has 2 atom stereocenters. The summed E-state index contributed by atoms with van der Waals surface area (Å²) in [6.45, 7) is 6.55. The van der Waals surface area contributed by atoms with Crippen LogP contribution in [0.3, 0.4) is 0 Å². The molecule has 5 nitrogen and oxygen atoms in total. The van der Waals surface area contributed by atoms with Crippen molar-refractivity contribution in [3.63, 3.8) is 0 Å². The summed E-state index contributed by atoms with van der Waals surface area (Å²) in [6.07, 6.45) is 0.865. The topological polar surface area (TPSA) is 61.4 Å². The lowest BCUT2D eigenvalue weighted by molar-refractivity contribution is 0.188. The summed E-state index contributed by atoms with van der Waals surface area (Å²) in [5.41, 5.74) is 0. The molecular formula is C14H25N3O2S2. The zero-order valence-electron chi connectivity index (χ0n) is 13.1. The summed E-state index contributed by atoms with van der Waals surface area (Å²) in [7, 11) is 0.516. The molecule has 1 aromatic heterocycles. The highest BCUT2D eigenvalue weighted by molar-refractivity contribution is 7.89. The SMILES string of the molecule is CNCc1cc(S(=O)(=O)NC2CCN(C)CC2C)c(C)s1. The van der Waals surface area contributed by atoms with Crippen molar-refractivity contribution < 1.29 is 8.42 Å². The highest BCUT2D eigenvalue weighted by atomic mass is 32.2. The Morgan fingerprint density at radius 3 is 2.81 bits per heavy atom. The number of hydrogen-bond donors (Lipinski definition) is 2. The zero-order valence-corrected chi connectivity index (χ0v) is 14.8. The second-order valence-electron chi connectivity index (χ2n) is 5.92. The van der Waals surface area contributed by atoms with Crippen molar-refractivity contribution in [3.8, 4) is 0 Å². The summed E-state index contributed by atoms with van der Waals surface area (Å²) in [6, 6.07) is 1.82. The third-order valence-corrected chi connectivity index (χ3v) is 6.77. The first-order chi connectivity index (χ1) is 9.83. The molecule has 0 saturated carbocycles. The molecule has 1 aromatic rings. The molecule has 7 heteroatoms. The lowest BCUT2D eigenvalue weighted by Crippen LogP contribution is -2.48. The van der Waals surface area contributed by atoms with Crippen molar-refractivity contribution in [3.05, 3.63) is 15.8 Å². The fourth-order valence-corrected chi connectivity index (χ4v) is 5.87. The van der Waals surface area contributed by atoms with E-state index in [1.54, 1.807) is 6.07 Å². The van der Waals surface area contributed by atoms with Crippen LogP contribution in [0.25, 0.3) is 0 Å². The molecule has 1 fully saturated rings. The second kappa shape index (κ2) is 6.75. The Kier molecular flexibility index (Phi) is 5.43. The molecule has 0 aromatic carbocycles. The van der Waals surface area contributed by atoms with E-state index in [0.29, 0.717) is 17.4 Å². The first-order valence-electron chi connectivity index (χ1n) is 7.28. The van der Waals surface area contributed by atoms with Crippen molar-refractivity contribution in [1.29, 1.82) is 0 Å². The number of aryl methyl sites for hydroxylation is 1. The van der Waals surface area contributed by atoms with Gasteiger partial charge in [0.1, 0.15) is 0 Å².